The number of carbonyl (C=O) groups is 1. The maximum Gasteiger partial charge on any atom is 0.227 e. The molecule has 0 radical (unpaired) electrons. The van der Waals surface area contributed by atoms with Crippen LogP contribution in [0.15, 0.2) is 30.3 Å². The number of aryl methyl sites for hydroxylation is 2. The molecule has 0 aliphatic carbocycles. The fourth-order valence-corrected chi connectivity index (χ4v) is 3.07. The number of fused-ring (bicyclic) bond motifs is 1. The summed E-state index contributed by atoms with van der Waals surface area (Å²) in [4.78, 5) is 15.7. The van der Waals surface area contributed by atoms with Gasteiger partial charge < -0.3 is 10.3 Å². The number of hydrogen-bond acceptors (Lipinski definition) is 2. The van der Waals surface area contributed by atoms with Gasteiger partial charge in [-0.15, -0.1) is 0 Å². The summed E-state index contributed by atoms with van der Waals surface area (Å²) in [6.45, 7) is 6.41. The van der Waals surface area contributed by atoms with Crippen molar-refractivity contribution in [3.05, 3.63) is 53.0 Å². The third-order valence-corrected chi connectivity index (χ3v) is 4.29. The summed E-state index contributed by atoms with van der Waals surface area (Å²) in [6.07, 6.45) is 0.788. The number of nitrogens with one attached hydrogen (secondary N) is 3. The number of amides is 1. The van der Waals surface area contributed by atoms with Gasteiger partial charge in [-0.1, -0.05) is 18.2 Å². The molecule has 0 fully saturated rings. The predicted molar refractivity (Wildman–Crippen MR) is 91.5 cm³/mol. The summed E-state index contributed by atoms with van der Waals surface area (Å²) < 4.78 is 0. The van der Waals surface area contributed by atoms with E-state index in [4.69, 9.17) is 0 Å². The van der Waals surface area contributed by atoms with Crippen molar-refractivity contribution in [3.63, 3.8) is 0 Å². The average Bonchev–Trinajstić information content (AvgIpc) is 3.09. The third kappa shape index (κ3) is 3.13. The highest BCUT2D eigenvalue weighted by Crippen LogP contribution is 2.21. The Kier molecular flexibility index (Phi) is 4.19. The predicted octanol–water partition coefficient (Wildman–Crippen LogP) is 2.97. The van der Waals surface area contributed by atoms with Crippen LogP contribution in [0.5, 0.6) is 0 Å². The van der Waals surface area contributed by atoms with Crippen molar-refractivity contribution in [2.75, 3.05) is 6.54 Å². The van der Waals surface area contributed by atoms with Gasteiger partial charge in [0.15, 0.2) is 0 Å². The summed E-state index contributed by atoms with van der Waals surface area (Å²) >= 11 is 0. The van der Waals surface area contributed by atoms with Crippen molar-refractivity contribution in [2.24, 2.45) is 0 Å². The van der Waals surface area contributed by atoms with Crippen LogP contribution < -0.4 is 5.32 Å². The van der Waals surface area contributed by atoms with Crippen molar-refractivity contribution in [1.82, 2.24) is 20.5 Å². The van der Waals surface area contributed by atoms with E-state index in [2.05, 4.69) is 38.7 Å². The van der Waals surface area contributed by atoms with E-state index in [1.165, 1.54) is 5.39 Å². The Bertz CT molecular complexity index is 778. The molecule has 3 rings (SSSR count). The standard InChI is InChI=1S/C18H22N4O/c1-11(17-12(2)21-22-13(17)3)18(23)19-9-8-15-10-14-6-4-5-7-16(14)20-15/h4-7,10-11,20H,8-9H2,1-3H3,(H,19,23)(H,21,22). The lowest BCUT2D eigenvalue weighted by atomic mass is 9.98. The van der Waals surface area contributed by atoms with Gasteiger partial charge in [0.1, 0.15) is 0 Å². The van der Waals surface area contributed by atoms with Crippen LogP contribution in [0, 0.1) is 13.8 Å². The second kappa shape index (κ2) is 6.28. The molecule has 120 valence electrons. The molecule has 1 atom stereocenters. The molecule has 5 heteroatoms. The van der Waals surface area contributed by atoms with Crippen molar-refractivity contribution < 1.29 is 4.79 Å². The Morgan fingerprint density at radius 1 is 1.30 bits per heavy atom. The van der Waals surface area contributed by atoms with Gasteiger partial charge in [0.05, 0.1) is 11.6 Å². The van der Waals surface area contributed by atoms with E-state index in [1.807, 2.05) is 32.9 Å². The monoisotopic (exact) mass is 310 g/mol. The minimum Gasteiger partial charge on any atom is -0.358 e. The van der Waals surface area contributed by atoms with E-state index in [9.17, 15) is 4.79 Å². The zero-order valence-electron chi connectivity index (χ0n) is 13.7. The lowest BCUT2D eigenvalue weighted by Crippen LogP contribution is -2.30. The highest BCUT2D eigenvalue weighted by molar-refractivity contribution is 5.84. The van der Waals surface area contributed by atoms with Crippen LogP contribution in [-0.2, 0) is 11.2 Å². The normalized spacial score (nSPS) is 12.5. The molecule has 3 aromatic rings. The first kappa shape index (κ1) is 15.3. The second-order valence-corrected chi connectivity index (χ2v) is 5.99. The van der Waals surface area contributed by atoms with E-state index in [1.54, 1.807) is 0 Å². The van der Waals surface area contributed by atoms with Crippen molar-refractivity contribution in [2.45, 2.75) is 33.1 Å². The number of benzene rings is 1. The fraction of sp³-hybridized carbons (Fsp3) is 0.333. The zero-order chi connectivity index (χ0) is 16.4. The number of aromatic amines is 2. The van der Waals surface area contributed by atoms with Crippen LogP contribution >= 0.6 is 0 Å². The Labute approximate surface area is 135 Å². The van der Waals surface area contributed by atoms with Crippen LogP contribution in [-0.4, -0.2) is 27.6 Å². The topological polar surface area (TPSA) is 73.6 Å². The molecule has 23 heavy (non-hydrogen) atoms. The number of H-pyrrole nitrogens is 2. The lowest BCUT2D eigenvalue weighted by molar-refractivity contribution is -0.122. The van der Waals surface area contributed by atoms with Gasteiger partial charge in [-0.2, -0.15) is 5.10 Å². The SMILES string of the molecule is Cc1n[nH]c(C)c1C(C)C(=O)NCCc1cc2ccccc2[nH]1. The molecule has 1 aromatic carbocycles. The van der Waals surface area contributed by atoms with Crippen LogP contribution in [0.25, 0.3) is 10.9 Å². The summed E-state index contributed by atoms with van der Waals surface area (Å²) in [5.74, 6) is -0.162. The summed E-state index contributed by atoms with van der Waals surface area (Å²) in [6, 6.07) is 10.3. The molecule has 1 unspecified atom stereocenters. The van der Waals surface area contributed by atoms with Crippen molar-refractivity contribution in [3.8, 4) is 0 Å². The first-order chi connectivity index (χ1) is 11.1. The number of hydrogen-bond donors (Lipinski definition) is 3. The number of nitrogens with zero attached hydrogens (tertiary/aromatic N) is 1. The average molecular weight is 310 g/mol. The van der Waals surface area contributed by atoms with E-state index in [0.29, 0.717) is 6.54 Å². The smallest absolute Gasteiger partial charge is 0.227 e. The third-order valence-electron chi connectivity index (χ3n) is 4.29. The molecule has 0 saturated carbocycles. The zero-order valence-corrected chi connectivity index (χ0v) is 13.7. The molecular weight excluding hydrogens is 288 g/mol. The van der Waals surface area contributed by atoms with Gasteiger partial charge in [0.2, 0.25) is 5.91 Å². The van der Waals surface area contributed by atoms with E-state index in [0.717, 1.165) is 34.6 Å². The van der Waals surface area contributed by atoms with Gasteiger partial charge in [0, 0.05) is 35.4 Å². The van der Waals surface area contributed by atoms with Crippen LogP contribution in [0.4, 0.5) is 0 Å². The quantitative estimate of drug-likeness (QED) is 0.678. The van der Waals surface area contributed by atoms with E-state index in [-0.39, 0.29) is 11.8 Å². The molecule has 1 amide bonds. The first-order valence-electron chi connectivity index (χ1n) is 7.92. The van der Waals surface area contributed by atoms with Gasteiger partial charge in [-0.3, -0.25) is 9.89 Å². The number of rotatable bonds is 5. The molecule has 0 bridgehead atoms. The van der Waals surface area contributed by atoms with Gasteiger partial charge in [-0.05, 0) is 38.3 Å². The molecule has 2 aromatic heterocycles. The van der Waals surface area contributed by atoms with Crippen LogP contribution in [0.3, 0.4) is 0 Å². The highest BCUT2D eigenvalue weighted by atomic mass is 16.1. The van der Waals surface area contributed by atoms with Crippen LogP contribution in [0.1, 0.15) is 35.5 Å². The molecule has 5 nitrogen and oxygen atoms in total. The fourth-order valence-electron chi connectivity index (χ4n) is 3.07. The van der Waals surface area contributed by atoms with Crippen molar-refractivity contribution >= 4 is 16.8 Å². The van der Waals surface area contributed by atoms with E-state index >= 15 is 0 Å². The summed E-state index contributed by atoms with van der Waals surface area (Å²) in [5, 5.41) is 11.3. The molecule has 0 saturated heterocycles. The largest absolute Gasteiger partial charge is 0.358 e. The molecule has 3 N–H and O–H groups in total. The van der Waals surface area contributed by atoms with Crippen molar-refractivity contribution in [1.29, 1.82) is 0 Å². The Hall–Kier alpha value is -2.56. The maximum atomic E-state index is 12.3. The Balaban J connectivity index is 1.58. The highest BCUT2D eigenvalue weighted by Gasteiger charge is 2.20. The van der Waals surface area contributed by atoms with E-state index < -0.39 is 0 Å². The summed E-state index contributed by atoms with van der Waals surface area (Å²) in [5.41, 5.74) is 5.11. The minimum absolute atomic E-state index is 0.0358. The maximum absolute atomic E-state index is 12.3. The minimum atomic E-state index is -0.198. The number of carbonyl (C=O) groups excluding carboxylic acids is 1. The second-order valence-electron chi connectivity index (χ2n) is 5.99. The van der Waals surface area contributed by atoms with Gasteiger partial charge >= 0.3 is 0 Å². The van der Waals surface area contributed by atoms with Gasteiger partial charge in [0.25, 0.3) is 0 Å². The van der Waals surface area contributed by atoms with Crippen LogP contribution in [0.2, 0.25) is 0 Å². The lowest BCUT2D eigenvalue weighted by Gasteiger charge is -2.12. The Morgan fingerprint density at radius 2 is 2.09 bits per heavy atom. The molecule has 0 spiro atoms. The summed E-state index contributed by atoms with van der Waals surface area (Å²) in [7, 11) is 0. The molecule has 0 aliphatic heterocycles. The molecule has 0 aliphatic rings. The Morgan fingerprint density at radius 3 is 2.78 bits per heavy atom. The number of aromatic nitrogens is 3. The van der Waals surface area contributed by atoms with Gasteiger partial charge in [-0.25, -0.2) is 0 Å². The number of para-hydroxylation sites is 1. The molecule has 2 heterocycles. The molecular formula is C18H22N4O. The first-order valence-corrected chi connectivity index (χ1v) is 7.92.